The third-order valence-corrected chi connectivity index (χ3v) is 6.72. The Hall–Kier alpha value is -1.41. The molecule has 0 N–H and O–H groups in total. The molecule has 150 valence electrons. The lowest BCUT2D eigenvalue weighted by Crippen LogP contribution is -2.24. The number of thioether (sulfide) groups is 1. The molecule has 3 rings (SSSR count). The van der Waals surface area contributed by atoms with Gasteiger partial charge in [0.25, 0.3) is 5.56 Å². The van der Waals surface area contributed by atoms with Crippen LogP contribution in [0.25, 0.3) is 10.9 Å². The monoisotopic (exact) mass is 437 g/mol. The molecule has 0 fully saturated rings. The number of ether oxygens (including phenoxy) is 1. The Bertz CT molecular complexity index is 1020. The van der Waals surface area contributed by atoms with E-state index in [1.54, 1.807) is 41.2 Å². The summed E-state index contributed by atoms with van der Waals surface area (Å²) in [7, 11) is 1.66. The zero-order chi connectivity index (χ0) is 20.3. The third kappa shape index (κ3) is 4.95. The largest absolute Gasteiger partial charge is 0.385 e. The summed E-state index contributed by atoms with van der Waals surface area (Å²) >= 11 is 9.31. The van der Waals surface area contributed by atoms with Crippen LogP contribution in [0, 0.1) is 0 Å². The Morgan fingerprint density at radius 1 is 1.29 bits per heavy atom. The molecule has 0 saturated carbocycles. The number of rotatable bonds is 7. The third-order valence-electron chi connectivity index (χ3n) is 4.16. The molecule has 0 aliphatic heterocycles. The van der Waals surface area contributed by atoms with Gasteiger partial charge in [0.05, 0.1) is 21.6 Å². The molecule has 0 spiro atoms. The van der Waals surface area contributed by atoms with E-state index in [2.05, 4.69) is 26.2 Å². The molecule has 2 aromatic heterocycles. The summed E-state index contributed by atoms with van der Waals surface area (Å²) in [6.07, 6.45) is 0.746. The Labute approximate surface area is 178 Å². The number of fused-ring (bicyclic) bond motifs is 1. The smallest absolute Gasteiger partial charge is 0.262 e. The fourth-order valence-corrected chi connectivity index (χ4v) is 4.80. The maximum atomic E-state index is 13.0. The van der Waals surface area contributed by atoms with Crippen molar-refractivity contribution in [2.75, 3.05) is 13.7 Å². The predicted molar refractivity (Wildman–Crippen MR) is 118 cm³/mol. The van der Waals surface area contributed by atoms with Gasteiger partial charge in [0, 0.05) is 41.8 Å². The first-order chi connectivity index (χ1) is 13.3. The summed E-state index contributed by atoms with van der Waals surface area (Å²) in [5, 5.41) is 5.02. The number of nitrogens with zero attached hydrogens (tertiary/aromatic N) is 3. The van der Waals surface area contributed by atoms with E-state index >= 15 is 0 Å². The molecular formula is C20H24ClN3O2S2. The number of benzene rings is 1. The second-order valence-electron chi connectivity index (χ2n) is 7.54. The van der Waals surface area contributed by atoms with E-state index in [9.17, 15) is 4.79 Å². The summed E-state index contributed by atoms with van der Waals surface area (Å²) in [6, 6.07) is 5.20. The van der Waals surface area contributed by atoms with Crippen LogP contribution in [0.4, 0.5) is 0 Å². The summed E-state index contributed by atoms with van der Waals surface area (Å²) in [5.41, 5.74) is 1.61. The lowest BCUT2D eigenvalue weighted by molar-refractivity contribution is 0.189. The molecule has 0 bridgehead atoms. The van der Waals surface area contributed by atoms with Gasteiger partial charge >= 0.3 is 0 Å². The van der Waals surface area contributed by atoms with Crippen LogP contribution in [0.5, 0.6) is 0 Å². The van der Waals surface area contributed by atoms with E-state index in [0.717, 1.165) is 17.1 Å². The van der Waals surface area contributed by atoms with Crippen molar-refractivity contribution < 1.29 is 4.74 Å². The molecule has 0 aliphatic carbocycles. The summed E-state index contributed by atoms with van der Waals surface area (Å²) in [5.74, 6) is 0.662. The fourth-order valence-electron chi connectivity index (χ4n) is 2.70. The summed E-state index contributed by atoms with van der Waals surface area (Å²) in [6.45, 7) is 7.63. The number of halogens is 1. The summed E-state index contributed by atoms with van der Waals surface area (Å²) in [4.78, 5) is 22.5. The first-order valence-electron chi connectivity index (χ1n) is 9.06. The van der Waals surface area contributed by atoms with Gasteiger partial charge < -0.3 is 4.74 Å². The van der Waals surface area contributed by atoms with Crippen molar-refractivity contribution in [3.63, 3.8) is 0 Å². The van der Waals surface area contributed by atoms with Gasteiger partial charge in [-0.05, 0) is 24.6 Å². The minimum Gasteiger partial charge on any atom is -0.385 e. The van der Waals surface area contributed by atoms with Crippen molar-refractivity contribution in [3.05, 3.63) is 49.7 Å². The molecule has 0 saturated heterocycles. The topological polar surface area (TPSA) is 57.0 Å². The quantitative estimate of drug-likeness (QED) is 0.291. The van der Waals surface area contributed by atoms with Crippen LogP contribution in [0.1, 0.15) is 37.9 Å². The average molecular weight is 438 g/mol. The highest BCUT2D eigenvalue weighted by molar-refractivity contribution is 7.98. The lowest BCUT2D eigenvalue weighted by Gasteiger charge is -2.14. The second kappa shape index (κ2) is 8.95. The highest BCUT2D eigenvalue weighted by atomic mass is 35.5. The zero-order valence-corrected chi connectivity index (χ0v) is 18.9. The standard InChI is InChI=1S/C20H24ClN3O2S2/c1-20(2,3)18-22-14(11-27-18)12-28-19-23-16-10-13(21)6-7-15(16)17(25)24(19)8-5-9-26-4/h6-7,10-11H,5,8-9,12H2,1-4H3. The normalized spacial score (nSPS) is 12.0. The molecule has 28 heavy (non-hydrogen) atoms. The van der Waals surface area contributed by atoms with Gasteiger partial charge in [0.15, 0.2) is 5.16 Å². The van der Waals surface area contributed by atoms with Crippen molar-refractivity contribution in [3.8, 4) is 0 Å². The lowest BCUT2D eigenvalue weighted by atomic mass is 9.98. The van der Waals surface area contributed by atoms with Gasteiger partial charge in [-0.3, -0.25) is 9.36 Å². The second-order valence-corrected chi connectivity index (χ2v) is 9.78. The van der Waals surface area contributed by atoms with Crippen molar-refractivity contribution in [1.82, 2.24) is 14.5 Å². The Morgan fingerprint density at radius 3 is 2.75 bits per heavy atom. The molecule has 0 unspecified atom stereocenters. The van der Waals surface area contributed by atoms with E-state index in [0.29, 0.717) is 40.0 Å². The van der Waals surface area contributed by atoms with Gasteiger partial charge in [-0.1, -0.05) is 44.1 Å². The summed E-state index contributed by atoms with van der Waals surface area (Å²) < 4.78 is 6.87. The number of hydrogen-bond acceptors (Lipinski definition) is 6. The molecule has 0 atom stereocenters. The Kier molecular flexibility index (Phi) is 6.81. The average Bonchev–Trinajstić information content (AvgIpc) is 3.11. The van der Waals surface area contributed by atoms with Crippen LogP contribution in [-0.2, 0) is 22.4 Å². The molecule has 1 aromatic carbocycles. The van der Waals surface area contributed by atoms with E-state index in [1.165, 1.54) is 11.8 Å². The van der Waals surface area contributed by atoms with Crippen molar-refractivity contribution in [2.24, 2.45) is 0 Å². The van der Waals surface area contributed by atoms with Crippen LogP contribution < -0.4 is 5.56 Å². The van der Waals surface area contributed by atoms with E-state index in [-0.39, 0.29) is 11.0 Å². The van der Waals surface area contributed by atoms with Crippen LogP contribution >= 0.6 is 34.7 Å². The zero-order valence-electron chi connectivity index (χ0n) is 16.5. The molecule has 0 amide bonds. The first-order valence-corrected chi connectivity index (χ1v) is 11.3. The van der Waals surface area contributed by atoms with Crippen LogP contribution in [-0.4, -0.2) is 28.3 Å². The molecule has 0 aliphatic rings. The van der Waals surface area contributed by atoms with Crippen molar-refractivity contribution in [1.29, 1.82) is 0 Å². The van der Waals surface area contributed by atoms with Crippen molar-refractivity contribution in [2.45, 2.75) is 50.1 Å². The van der Waals surface area contributed by atoms with E-state index < -0.39 is 0 Å². The number of thiazole rings is 1. The molecule has 2 heterocycles. The molecule has 5 nitrogen and oxygen atoms in total. The minimum absolute atomic E-state index is 0.0355. The minimum atomic E-state index is -0.0473. The molecule has 0 radical (unpaired) electrons. The maximum absolute atomic E-state index is 13.0. The van der Waals surface area contributed by atoms with Crippen molar-refractivity contribution >= 4 is 45.6 Å². The van der Waals surface area contributed by atoms with Crippen LogP contribution in [0.3, 0.4) is 0 Å². The first kappa shape index (κ1) is 21.3. The molecular weight excluding hydrogens is 414 g/mol. The number of methoxy groups -OCH3 is 1. The van der Waals surface area contributed by atoms with Crippen LogP contribution in [0.2, 0.25) is 5.02 Å². The number of hydrogen-bond donors (Lipinski definition) is 0. The molecule has 8 heteroatoms. The predicted octanol–water partition coefficient (Wildman–Crippen LogP) is 5.13. The van der Waals surface area contributed by atoms with Crippen LogP contribution in [0.15, 0.2) is 33.5 Å². The van der Waals surface area contributed by atoms with Gasteiger partial charge in [0.1, 0.15) is 0 Å². The van der Waals surface area contributed by atoms with E-state index in [4.69, 9.17) is 26.3 Å². The van der Waals surface area contributed by atoms with Gasteiger partial charge in [-0.2, -0.15) is 0 Å². The fraction of sp³-hybridized carbons (Fsp3) is 0.450. The van der Waals surface area contributed by atoms with E-state index in [1.807, 2.05) is 0 Å². The SMILES string of the molecule is COCCCn1c(SCc2csc(C(C)(C)C)n2)nc2cc(Cl)ccc2c1=O. The number of aromatic nitrogens is 3. The highest BCUT2D eigenvalue weighted by Gasteiger charge is 2.18. The Morgan fingerprint density at radius 2 is 2.07 bits per heavy atom. The molecule has 3 aromatic rings. The van der Waals surface area contributed by atoms with Gasteiger partial charge in [-0.25, -0.2) is 9.97 Å². The van der Waals surface area contributed by atoms with Gasteiger partial charge in [-0.15, -0.1) is 11.3 Å². The van der Waals surface area contributed by atoms with Gasteiger partial charge in [0.2, 0.25) is 0 Å². The Balaban J connectivity index is 1.92. The highest BCUT2D eigenvalue weighted by Crippen LogP contribution is 2.29. The maximum Gasteiger partial charge on any atom is 0.262 e.